The highest BCUT2D eigenvalue weighted by Crippen LogP contribution is 2.54. The maximum atomic E-state index is 13.8. The second kappa shape index (κ2) is 15.1. The molecule has 7 rings (SSSR count). The van der Waals surface area contributed by atoms with Gasteiger partial charge in [0.1, 0.15) is 17.7 Å². The van der Waals surface area contributed by atoms with E-state index in [1.807, 2.05) is 26.0 Å². The highest BCUT2D eigenvalue weighted by Gasteiger charge is 2.54. The molecule has 1 saturated heterocycles. The molecule has 4 atom stereocenters. The first-order valence-electron chi connectivity index (χ1n) is 16.5. The van der Waals surface area contributed by atoms with Gasteiger partial charge in [-0.2, -0.15) is 0 Å². The molecule has 2 aliphatic heterocycles. The average molecular weight is 751 g/mol. The largest absolute Gasteiger partial charge is 0.459 e. The lowest BCUT2D eigenvalue weighted by Crippen LogP contribution is -2.47. The van der Waals surface area contributed by atoms with Crippen molar-refractivity contribution in [2.24, 2.45) is 0 Å². The van der Waals surface area contributed by atoms with Crippen molar-refractivity contribution in [3.8, 4) is 0 Å². The maximum Gasteiger partial charge on any atom is 0.338 e. The number of carbonyl (C=O) groups is 3. The molecule has 11 nitrogen and oxygen atoms in total. The Bertz CT molecular complexity index is 2210. The van der Waals surface area contributed by atoms with Crippen LogP contribution in [0.4, 0.5) is 17.1 Å². The van der Waals surface area contributed by atoms with Crippen LogP contribution in [0.1, 0.15) is 42.2 Å². The van der Waals surface area contributed by atoms with Gasteiger partial charge in [0.25, 0.3) is 5.69 Å². The van der Waals surface area contributed by atoms with Gasteiger partial charge in [0.2, 0.25) is 0 Å². The average Bonchev–Trinajstić information content (AvgIpc) is 3.48. The van der Waals surface area contributed by atoms with Crippen LogP contribution >= 0.6 is 23.4 Å². The van der Waals surface area contributed by atoms with E-state index in [1.165, 1.54) is 23.9 Å². The summed E-state index contributed by atoms with van der Waals surface area (Å²) in [7, 11) is 0. The van der Waals surface area contributed by atoms with Gasteiger partial charge in [0.05, 0.1) is 33.0 Å². The zero-order valence-corrected chi connectivity index (χ0v) is 29.9. The Labute approximate surface area is 313 Å². The number of nitrogens with zero attached hydrogens (tertiary/aromatic N) is 2. The van der Waals surface area contributed by atoms with Crippen LogP contribution in [0.5, 0.6) is 0 Å². The SMILES string of the molecule is Cc1cc(C)c2c(c1)N([C@@H]1O[C@H](COC(=O)c3ccccc3)[C@@H](OC(=O)c3ccccc3)[C@H]1OC(=O)c1ccccc1)c1cc(Cl)c([N+](=O)[O-])cc1S2. The van der Waals surface area contributed by atoms with E-state index in [0.717, 1.165) is 16.0 Å². The number of carbonyl (C=O) groups excluding carboxylic acids is 3. The Morgan fingerprint density at radius 2 is 1.32 bits per heavy atom. The van der Waals surface area contributed by atoms with Crippen LogP contribution in [0.25, 0.3) is 0 Å². The van der Waals surface area contributed by atoms with Crippen LogP contribution < -0.4 is 4.90 Å². The van der Waals surface area contributed by atoms with E-state index in [4.69, 9.17) is 30.5 Å². The van der Waals surface area contributed by atoms with Crippen molar-refractivity contribution in [2.45, 2.75) is 48.2 Å². The normalized spacial score (nSPS) is 18.7. The number of nitro benzene ring substituents is 1. The van der Waals surface area contributed by atoms with Gasteiger partial charge in [0, 0.05) is 15.9 Å². The zero-order chi connectivity index (χ0) is 37.2. The number of esters is 3. The molecule has 13 heteroatoms. The maximum absolute atomic E-state index is 13.8. The number of fused-ring (bicyclic) bond motifs is 2. The lowest BCUT2D eigenvalue weighted by molar-refractivity contribution is -0.384. The molecule has 0 aliphatic carbocycles. The Morgan fingerprint density at radius 1 is 0.774 bits per heavy atom. The number of ether oxygens (including phenoxy) is 4. The smallest absolute Gasteiger partial charge is 0.338 e. The summed E-state index contributed by atoms with van der Waals surface area (Å²) in [5, 5.41) is 11.8. The van der Waals surface area contributed by atoms with Crippen molar-refractivity contribution in [2.75, 3.05) is 11.5 Å². The number of rotatable bonds is 9. The molecule has 5 aromatic carbocycles. The van der Waals surface area contributed by atoms with Gasteiger partial charge in [-0.25, -0.2) is 14.4 Å². The summed E-state index contributed by atoms with van der Waals surface area (Å²) in [6, 6.07) is 31.7. The Kier molecular flexibility index (Phi) is 10.2. The van der Waals surface area contributed by atoms with Crippen LogP contribution in [-0.2, 0) is 18.9 Å². The number of nitro groups is 1. The van der Waals surface area contributed by atoms with Gasteiger partial charge in [-0.1, -0.05) is 84.0 Å². The van der Waals surface area contributed by atoms with E-state index in [2.05, 4.69) is 0 Å². The molecule has 268 valence electrons. The molecule has 1 fully saturated rings. The van der Waals surface area contributed by atoms with Crippen molar-refractivity contribution < 1.29 is 38.3 Å². The lowest BCUT2D eigenvalue weighted by Gasteiger charge is -2.39. The van der Waals surface area contributed by atoms with Crippen LogP contribution in [0.2, 0.25) is 5.02 Å². The molecule has 0 saturated carbocycles. The first kappa shape index (κ1) is 35.7. The molecule has 0 amide bonds. The fraction of sp³-hybridized carbons (Fsp3) is 0.175. The van der Waals surface area contributed by atoms with E-state index >= 15 is 0 Å². The van der Waals surface area contributed by atoms with E-state index in [-0.39, 0.29) is 28.4 Å². The summed E-state index contributed by atoms with van der Waals surface area (Å²) in [6.07, 6.45) is -4.98. The highest BCUT2D eigenvalue weighted by atomic mass is 35.5. The predicted molar refractivity (Wildman–Crippen MR) is 197 cm³/mol. The fourth-order valence-corrected chi connectivity index (χ4v) is 7.73. The van der Waals surface area contributed by atoms with Crippen LogP contribution in [0, 0.1) is 24.0 Å². The summed E-state index contributed by atoms with van der Waals surface area (Å²) in [6.45, 7) is 3.46. The molecule has 0 aromatic heterocycles. The summed E-state index contributed by atoms with van der Waals surface area (Å²) in [5.41, 5.74) is 3.35. The molecule has 0 spiro atoms. The minimum atomic E-state index is -1.32. The van der Waals surface area contributed by atoms with Gasteiger partial charge >= 0.3 is 17.9 Å². The second-order valence-electron chi connectivity index (χ2n) is 12.4. The van der Waals surface area contributed by atoms with E-state index in [1.54, 1.807) is 95.9 Å². The fourth-order valence-electron chi connectivity index (χ4n) is 6.36. The summed E-state index contributed by atoms with van der Waals surface area (Å²) >= 11 is 7.86. The number of benzene rings is 5. The first-order valence-corrected chi connectivity index (χ1v) is 17.7. The minimum Gasteiger partial charge on any atom is -0.459 e. The molecule has 0 unspecified atom stereocenters. The first-order chi connectivity index (χ1) is 25.6. The van der Waals surface area contributed by atoms with Gasteiger partial charge in [-0.15, -0.1) is 0 Å². The Balaban J connectivity index is 1.36. The molecular formula is C40H31ClN2O9S. The second-order valence-corrected chi connectivity index (χ2v) is 13.9. The molecule has 2 heterocycles. The summed E-state index contributed by atoms with van der Waals surface area (Å²) in [5.74, 6) is -2.08. The summed E-state index contributed by atoms with van der Waals surface area (Å²) in [4.78, 5) is 55.1. The monoisotopic (exact) mass is 750 g/mol. The molecular weight excluding hydrogens is 720 g/mol. The standard InChI is InChI=1S/C40H31ClN2O9S/c1-23-18-24(2)36-31(19-23)42(30-20-28(41)29(43(47)48)21-33(30)53-36)37-35(52-40(46)27-16-10-5-11-17-27)34(51-39(45)26-14-8-4-9-15-26)32(50-37)22-49-38(44)25-12-6-3-7-13-25/h3-21,32,34-35,37H,22H2,1-2H3/t32-,34-,35-,37-/m1/s1. The molecule has 5 aromatic rings. The molecule has 0 N–H and O–H groups in total. The Morgan fingerprint density at radius 3 is 1.89 bits per heavy atom. The van der Waals surface area contributed by atoms with Crippen molar-refractivity contribution >= 4 is 58.3 Å². The Hall–Kier alpha value is -5.69. The van der Waals surface area contributed by atoms with E-state index in [0.29, 0.717) is 21.8 Å². The van der Waals surface area contributed by atoms with Crippen LogP contribution in [0.15, 0.2) is 125 Å². The predicted octanol–water partition coefficient (Wildman–Crippen LogP) is 8.50. The van der Waals surface area contributed by atoms with Crippen LogP contribution in [0.3, 0.4) is 0 Å². The third-order valence-corrected chi connectivity index (χ3v) is 10.4. The van der Waals surface area contributed by atoms with Gasteiger partial charge in [-0.3, -0.25) is 10.1 Å². The highest BCUT2D eigenvalue weighted by molar-refractivity contribution is 7.99. The molecule has 0 radical (unpaired) electrons. The number of hydrogen-bond donors (Lipinski definition) is 0. The molecule has 2 aliphatic rings. The van der Waals surface area contributed by atoms with Crippen molar-refractivity contribution in [3.05, 3.63) is 158 Å². The van der Waals surface area contributed by atoms with Crippen molar-refractivity contribution in [1.29, 1.82) is 0 Å². The number of halogens is 1. The van der Waals surface area contributed by atoms with Crippen molar-refractivity contribution in [1.82, 2.24) is 0 Å². The third kappa shape index (κ3) is 7.34. The number of anilines is 2. The molecule has 53 heavy (non-hydrogen) atoms. The number of aryl methyl sites for hydroxylation is 2. The third-order valence-electron chi connectivity index (χ3n) is 8.79. The van der Waals surface area contributed by atoms with Gasteiger partial charge < -0.3 is 23.8 Å². The van der Waals surface area contributed by atoms with Crippen molar-refractivity contribution in [3.63, 3.8) is 0 Å². The minimum absolute atomic E-state index is 0.122. The quantitative estimate of drug-likeness (QED) is 0.0621. The summed E-state index contributed by atoms with van der Waals surface area (Å²) < 4.78 is 24.8. The molecule has 0 bridgehead atoms. The van der Waals surface area contributed by atoms with E-state index in [9.17, 15) is 24.5 Å². The zero-order valence-electron chi connectivity index (χ0n) is 28.3. The van der Waals surface area contributed by atoms with E-state index < -0.39 is 47.4 Å². The van der Waals surface area contributed by atoms with Crippen LogP contribution in [-0.4, -0.2) is 54.0 Å². The topological polar surface area (TPSA) is 135 Å². The van der Waals surface area contributed by atoms with Gasteiger partial charge in [-0.05, 0) is 73.5 Å². The van der Waals surface area contributed by atoms with Gasteiger partial charge in [0.15, 0.2) is 18.4 Å². The number of hydrogen-bond acceptors (Lipinski definition) is 11. The lowest BCUT2D eigenvalue weighted by atomic mass is 10.1.